The van der Waals surface area contributed by atoms with Crippen LogP contribution in [0.15, 0.2) is 97.1 Å². The fraction of sp³-hybridized carbons (Fsp3) is 0.250. The summed E-state index contributed by atoms with van der Waals surface area (Å²) in [4.78, 5) is 25.6. The number of carbonyl (C=O) groups excluding carboxylic acids is 1. The number of Topliss-reactive ketones (excluding diaryl/α,β-unsaturated/α-hetero) is 1. The predicted octanol–water partition coefficient (Wildman–Crippen LogP) is 6.71. The van der Waals surface area contributed by atoms with Gasteiger partial charge in [-0.1, -0.05) is 91.0 Å². The average Bonchev–Trinajstić information content (AvgIpc) is 2.95. The molecule has 1 amide bonds. The van der Waals surface area contributed by atoms with E-state index in [9.17, 15) is 14.7 Å². The molecule has 1 N–H and O–H groups in total. The number of likely N-dealkylation sites (tertiary alicyclic amines) is 1. The van der Waals surface area contributed by atoms with Crippen molar-refractivity contribution >= 4 is 22.6 Å². The van der Waals surface area contributed by atoms with E-state index in [1.54, 1.807) is 0 Å². The van der Waals surface area contributed by atoms with Gasteiger partial charge in [-0.25, -0.2) is 4.79 Å². The second-order valence-corrected chi connectivity index (χ2v) is 9.69. The van der Waals surface area contributed by atoms with Gasteiger partial charge in [0.05, 0.1) is 19.3 Å². The Bertz CT molecular complexity index is 1370. The number of piperidine rings is 1. The number of carboxylic acid groups (broad SMARTS) is 1. The van der Waals surface area contributed by atoms with E-state index in [4.69, 9.17) is 4.74 Å². The average molecular weight is 494 g/mol. The van der Waals surface area contributed by atoms with Gasteiger partial charge in [-0.15, -0.1) is 0 Å². The summed E-state index contributed by atoms with van der Waals surface area (Å²) in [6.45, 7) is 1.27. The Balaban J connectivity index is 1.25. The van der Waals surface area contributed by atoms with Gasteiger partial charge in [-0.2, -0.15) is 0 Å². The summed E-state index contributed by atoms with van der Waals surface area (Å²) in [5.74, 6) is 0.254. The van der Waals surface area contributed by atoms with Crippen LogP contribution in [0.25, 0.3) is 10.8 Å². The van der Waals surface area contributed by atoms with Crippen LogP contribution in [-0.2, 0) is 17.8 Å². The predicted molar refractivity (Wildman–Crippen MR) is 145 cm³/mol. The topological polar surface area (TPSA) is 66.8 Å². The quantitative estimate of drug-likeness (QED) is 0.277. The minimum Gasteiger partial charge on any atom is -0.465 e. The number of aryl methyl sites for hydroxylation is 1. The van der Waals surface area contributed by atoms with Gasteiger partial charge >= 0.3 is 6.09 Å². The lowest BCUT2D eigenvalue weighted by Crippen LogP contribution is -2.46. The summed E-state index contributed by atoms with van der Waals surface area (Å²) >= 11 is 0. The number of fused-ring (bicyclic) bond motifs is 1. The standard InChI is InChI=1S/C32H31NO4/c34-30(27-7-2-1-3-8-27)17-13-23-10-15-26(16-11-23)29-18-19-33(32(35)36)21-31(29)37-22-24-12-14-25-6-4-5-9-28(25)20-24/h1-12,14-16,20,29,31H,13,17-19,21-22H2,(H,35,36). The molecule has 2 unspecified atom stereocenters. The number of benzene rings is 4. The zero-order valence-electron chi connectivity index (χ0n) is 20.8. The van der Waals surface area contributed by atoms with Gasteiger partial charge in [-0.05, 0) is 46.4 Å². The smallest absolute Gasteiger partial charge is 0.407 e. The third-order valence-corrected chi connectivity index (χ3v) is 7.25. The number of amides is 1. The summed E-state index contributed by atoms with van der Waals surface area (Å²) < 4.78 is 6.37. The number of rotatable bonds is 8. The third-order valence-electron chi connectivity index (χ3n) is 7.25. The number of ether oxygens (including phenoxy) is 1. The van der Waals surface area contributed by atoms with E-state index < -0.39 is 6.09 Å². The molecule has 1 heterocycles. The molecule has 0 spiro atoms. The Hall–Kier alpha value is -3.96. The Morgan fingerprint density at radius 3 is 2.30 bits per heavy atom. The molecule has 1 fully saturated rings. The van der Waals surface area contributed by atoms with Crippen LogP contribution < -0.4 is 0 Å². The lowest BCUT2D eigenvalue weighted by molar-refractivity contribution is -0.0199. The number of ketones is 1. The summed E-state index contributed by atoms with van der Waals surface area (Å²) in [6.07, 6.45) is 0.726. The molecular weight excluding hydrogens is 462 g/mol. The van der Waals surface area contributed by atoms with Gasteiger partial charge in [0.2, 0.25) is 0 Å². The second-order valence-electron chi connectivity index (χ2n) is 9.69. The molecule has 5 rings (SSSR count). The Kier molecular flexibility index (Phi) is 7.62. The van der Waals surface area contributed by atoms with Crippen molar-refractivity contribution in [1.29, 1.82) is 0 Å². The molecule has 0 aliphatic carbocycles. The van der Waals surface area contributed by atoms with Crippen molar-refractivity contribution < 1.29 is 19.4 Å². The van der Waals surface area contributed by atoms with E-state index in [0.717, 1.165) is 27.6 Å². The van der Waals surface area contributed by atoms with Crippen molar-refractivity contribution in [2.75, 3.05) is 13.1 Å². The molecule has 37 heavy (non-hydrogen) atoms. The molecule has 1 aliphatic rings. The first kappa shape index (κ1) is 24.7. The van der Waals surface area contributed by atoms with E-state index in [0.29, 0.717) is 39.0 Å². The summed E-state index contributed by atoms with van der Waals surface area (Å²) in [6, 6.07) is 32.3. The van der Waals surface area contributed by atoms with Crippen LogP contribution in [0, 0.1) is 0 Å². The van der Waals surface area contributed by atoms with E-state index in [-0.39, 0.29) is 17.8 Å². The summed E-state index contributed by atoms with van der Waals surface area (Å²) in [7, 11) is 0. The van der Waals surface area contributed by atoms with E-state index in [1.807, 2.05) is 42.5 Å². The molecule has 5 heteroatoms. The summed E-state index contributed by atoms with van der Waals surface area (Å²) in [5.41, 5.74) is 4.08. The molecular formula is C32H31NO4. The van der Waals surface area contributed by atoms with Gasteiger partial charge in [0, 0.05) is 24.4 Å². The van der Waals surface area contributed by atoms with Crippen LogP contribution in [0.4, 0.5) is 4.79 Å². The minimum atomic E-state index is -0.906. The Labute approximate surface area is 217 Å². The molecule has 2 atom stereocenters. The van der Waals surface area contributed by atoms with Gasteiger partial charge in [-0.3, -0.25) is 4.79 Å². The maximum absolute atomic E-state index is 12.5. The van der Waals surface area contributed by atoms with Crippen molar-refractivity contribution in [2.24, 2.45) is 0 Å². The number of hydrogen-bond donors (Lipinski definition) is 1. The summed E-state index contributed by atoms with van der Waals surface area (Å²) in [5, 5.41) is 11.9. The van der Waals surface area contributed by atoms with Gasteiger partial charge in [0.15, 0.2) is 5.78 Å². The maximum atomic E-state index is 12.5. The zero-order chi connectivity index (χ0) is 25.6. The normalized spacial score (nSPS) is 17.6. The first-order valence-electron chi connectivity index (χ1n) is 12.8. The Morgan fingerprint density at radius 2 is 1.54 bits per heavy atom. The minimum absolute atomic E-state index is 0.107. The fourth-order valence-electron chi connectivity index (χ4n) is 5.13. The first-order chi connectivity index (χ1) is 18.1. The highest BCUT2D eigenvalue weighted by Gasteiger charge is 2.33. The zero-order valence-corrected chi connectivity index (χ0v) is 20.8. The molecule has 0 radical (unpaired) electrons. The van der Waals surface area contributed by atoms with Gasteiger partial charge < -0.3 is 14.7 Å². The third kappa shape index (κ3) is 6.07. The molecule has 4 aromatic carbocycles. The Morgan fingerprint density at radius 1 is 0.838 bits per heavy atom. The molecule has 1 aliphatic heterocycles. The SMILES string of the molecule is O=C(CCc1ccc(C2CCN(C(=O)O)CC2OCc2ccc3ccccc3c2)cc1)c1ccccc1. The fourth-order valence-corrected chi connectivity index (χ4v) is 5.13. The second kappa shape index (κ2) is 11.4. The van der Waals surface area contributed by atoms with Gasteiger partial charge in [0.1, 0.15) is 0 Å². The number of nitrogens with zero attached hydrogens (tertiary/aromatic N) is 1. The largest absolute Gasteiger partial charge is 0.465 e. The maximum Gasteiger partial charge on any atom is 0.407 e. The molecule has 5 nitrogen and oxygen atoms in total. The van der Waals surface area contributed by atoms with Crippen LogP contribution in [-0.4, -0.2) is 41.1 Å². The number of carbonyl (C=O) groups is 2. The molecule has 0 bridgehead atoms. The number of hydrogen-bond acceptors (Lipinski definition) is 3. The van der Waals surface area contributed by atoms with Crippen LogP contribution in [0.3, 0.4) is 0 Å². The van der Waals surface area contributed by atoms with Crippen LogP contribution in [0.1, 0.15) is 45.8 Å². The molecule has 188 valence electrons. The van der Waals surface area contributed by atoms with E-state index in [2.05, 4.69) is 54.6 Å². The van der Waals surface area contributed by atoms with Crippen molar-refractivity contribution in [2.45, 2.75) is 37.9 Å². The van der Waals surface area contributed by atoms with Crippen LogP contribution in [0.2, 0.25) is 0 Å². The lowest BCUT2D eigenvalue weighted by atomic mass is 9.86. The highest BCUT2D eigenvalue weighted by atomic mass is 16.5. The highest BCUT2D eigenvalue weighted by Crippen LogP contribution is 2.32. The molecule has 0 saturated carbocycles. The van der Waals surface area contributed by atoms with Gasteiger partial charge in [0.25, 0.3) is 0 Å². The molecule has 4 aromatic rings. The molecule has 0 aromatic heterocycles. The van der Waals surface area contributed by atoms with Crippen molar-refractivity contribution in [3.05, 3.63) is 119 Å². The molecule has 1 saturated heterocycles. The van der Waals surface area contributed by atoms with Crippen molar-refractivity contribution in [3.8, 4) is 0 Å². The first-order valence-corrected chi connectivity index (χ1v) is 12.8. The monoisotopic (exact) mass is 493 g/mol. The van der Waals surface area contributed by atoms with Crippen molar-refractivity contribution in [3.63, 3.8) is 0 Å². The van der Waals surface area contributed by atoms with E-state index >= 15 is 0 Å². The highest BCUT2D eigenvalue weighted by molar-refractivity contribution is 5.96. The van der Waals surface area contributed by atoms with E-state index in [1.165, 1.54) is 10.3 Å². The lowest BCUT2D eigenvalue weighted by Gasteiger charge is -2.37. The van der Waals surface area contributed by atoms with Crippen molar-refractivity contribution in [1.82, 2.24) is 4.90 Å². The van der Waals surface area contributed by atoms with Crippen LogP contribution >= 0.6 is 0 Å². The van der Waals surface area contributed by atoms with Crippen LogP contribution in [0.5, 0.6) is 0 Å².